The maximum atomic E-state index is 12.1. The van der Waals surface area contributed by atoms with Crippen molar-refractivity contribution in [1.29, 1.82) is 0 Å². The predicted molar refractivity (Wildman–Crippen MR) is 101 cm³/mol. The topological polar surface area (TPSA) is 35.5 Å². The number of esters is 1. The average Bonchev–Trinajstić information content (AvgIpc) is 3.47. The van der Waals surface area contributed by atoms with Gasteiger partial charge in [0, 0.05) is 4.47 Å². The minimum atomic E-state index is -0.417. The highest BCUT2D eigenvalue weighted by molar-refractivity contribution is 9.10. The van der Waals surface area contributed by atoms with E-state index in [9.17, 15) is 4.79 Å². The molecule has 1 saturated carbocycles. The molecular weight excluding hydrogens is 380 g/mol. The first-order valence-corrected chi connectivity index (χ1v) is 9.03. The van der Waals surface area contributed by atoms with Crippen molar-refractivity contribution in [3.63, 3.8) is 0 Å². The molecule has 1 aliphatic carbocycles. The number of rotatable bonds is 4. The Balaban J connectivity index is 1.78. The second-order valence-electron chi connectivity index (χ2n) is 6.24. The number of methoxy groups -OCH3 is 1. The molecule has 1 aliphatic rings. The summed E-state index contributed by atoms with van der Waals surface area (Å²) in [4.78, 5) is 12.1. The summed E-state index contributed by atoms with van der Waals surface area (Å²) in [6.45, 7) is 0. The highest BCUT2D eigenvalue weighted by Crippen LogP contribution is 2.45. The number of hydrogen-bond acceptors (Lipinski definition) is 3. The average molecular weight is 397 g/mol. The molecule has 4 heteroatoms. The molecule has 4 rings (SSSR count). The molecule has 126 valence electrons. The van der Waals surface area contributed by atoms with Gasteiger partial charge in [-0.1, -0.05) is 40.2 Å². The highest BCUT2D eigenvalue weighted by atomic mass is 79.9. The van der Waals surface area contributed by atoms with Gasteiger partial charge in [0.05, 0.1) is 7.11 Å². The Morgan fingerprint density at radius 1 is 1.08 bits per heavy atom. The number of ether oxygens (including phenoxy) is 2. The van der Waals surface area contributed by atoms with Crippen LogP contribution in [0.3, 0.4) is 0 Å². The largest absolute Gasteiger partial charge is 0.465 e. The van der Waals surface area contributed by atoms with E-state index in [0.717, 1.165) is 15.6 Å². The zero-order valence-electron chi connectivity index (χ0n) is 13.8. The first kappa shape index (κ1) is 16.2. The molecule has 0 aromatic heterocycles. The number of hydrogen-bond donors (Lipinski definition) is 0. The van der Waals surface area contributed by atoms with Crippen molar-refractivity contribution in [2.45, 2.75) is 18.8 Å². The molecule has 3 aromatic carbocycles. The SMILES string of the molecule is COC(=O)c1cc(Br)ccc1Oc1cc(C2CC2)c2ccccc2c1. The molecule has 0 radical (unpaired) electrons. The Bertz CT molecular complexity index is 961. The van der Waals surface area contributed by atoms with Gasteiger partial charge < -0.3 is 9.47 Å². The fraction of sp³-hybridized carbons (Fsp3) is 0.190. The van der Waals surface area contributed by atoms with Crippen molar-refractivity contribution in [1.82, 2.24) is 0 Å². The highest BCUT2D eigenvalue weighted by Gasteiger charge is 2.26. The fourth-order valence-electron chi connectivity index (χ4n) is 3.09. The van der Waals surface area contributed by atoms with E-state index < -0.39 is 5.97 Å². The van der Waals surface area contributed by atoms with E-state index in [0.29, 0.717) is 17.2 Å². The van der Waals surface area contributed by atoms with Crippen LogP contribution < -0.4 is 4.74 Å². The molecule has 0 heterocycles. The summed E-state index contributed by atoms with van der Waals surface area (Å²) in [5.74, 6) is 1.43. The van der Waals surface area contributed by atoms with Gasteiger partial charge in [-0.15, -0.1) is 0 Å². The summed E-state index contributed by atoms with van der Waals surface area (Å²) >= 11 is 3.39. The maximum Gasteiger partial charge on any atom is 0.341 e. The summed E-state index contributed by atoms with van der Waals surface area (Å²) in [6, 6.07) is 17.8. The molecule has 0 spiro atoms. The van der Waals surface area contributed by atoms with E-state index in [1.54, 1.807) is 12.1 Å². The van der Waals surface area contributed by atoms with Crippen LogP contribution in [0.15, 0.2) is 59.1 Å². The van der Waals surface area contributed by atoms with Gasteiger partial charge in [-0.2, -0.15) is 0 Å². The minimum absolute atomic E-state index is 0.401. The zero-order valence-corrected chi connectivity index (χ0v) is 15.4. The van der Waals surface area contributed by atoms with E-state index in [4.69, 9.17) is 9.47 Å². The summed E-state index contributed by atoms with van der Waals surface area (Å²) in [5.41, 5.74) is 1.72. The normalized spacial score (nSPS) is 13.7. The van der Waals surface area contributed by atoms with Gasteiger partial charge in [0.25, 0.3) is 0 Å². The lowest BCUT2D eigenvalue weighted by atomic mass is 10.0. The van der Waals surface area contributed by atoms with E-state index in [-0.39, 0.29) is 0 Å². The molecule has 0 aliphatic heterocycles. The van der Waals surface area contributed by atoms with Crippen molar-refractivity contribution in [3.05, 3.63) is 70.2 Å². The van der Waals surface area contributed by atoms with Gasteiger partial charge in [0.2, 0.25) is 0 Å². The lowest BCUT2D eigenvalue weighted by Crippen LogP contribution is -2.04. The second kappa shape index (κ2) is 6.52. The molecule has 0 N–H and O–H groups in total. The van der Waals surface area contributed by atoms with Crippen molar-refractivity contribution >= 4 is 32.7 Å². The van der Waals surface area contributed by atoms with Crippen LogP contribution in [0.5, 0.6) is 11.5 Å². The van der Waals surface area contributed by atoms with E-state index in [1.807, 2.05) is 18.2 Å². The molecule has 0 unspecified atom stereocenters. The summed E-state index contributed by atoms with van der Waals surface area (Å²) in [7, 11) is 1.37. The number of fused-ring (bicyclic) bond motifs is 1. The van der Waals surface area contributed by atoms with Gasteiger partial charge in [-0.3, -0.25) is 0 Å². The standard InChI is InChI=1S/C21H17BrO3/c1-24-21(23)19-11-15(22)8-9-20(19)25-16-10-14-4-2-3-5-17(14)18(12-16)13-6-7-13/h2-5,8-13H,6-7H2,1H3. The van der Waals surface area contributed by atoms with Crippen LogP contribution in [0.1, 0.15) is 34.7 Å². The van der Waals surface area contributed by atoms with Crippen LogP contribution >= 0.6 is 15.9 Å². The summed E-state index contributed by atoms with van der Waals surface area (Å²) in [5, 5.41) is 2.43. The number of carbonyl (C=O) groups is 1. The zero-order chi connectivity index (χ0) is 17.4. The maximum absolute atomic E-state index is 12.1. The van der Waals surface area contributed by atoms with E-state index in [1.165, 1.54) is 30.9 Å². The van der Waals surface area contributed by atoms with Crippen molar-refractivity contribution in [3.8, 4) is 11.5 Å². The fourth-order valence-corrected chi connectivity index (χ4v) is 3.45. The first-order chi connectivity index (χ1) is 12.2. The van der Waals surface area contributed by atoms with E-state index >= 15 is 0 Å². The Kier molecular flexibility index (Phi) is 4.22. The van der Waals surface area contributed by atoms with Crippen molar-refractivity contribution in [2.75, 3.05) is 7.11 Å². The number of carbonyl (C=O) groups excluding carboxylic acids is 1. The third-order valence-electron chi connectivity index (χ3n) is 4.46. The molecule has 0 bridgehead atoms. The molecule has 3 aromatic rings. The molecule has 3 nitrogen and oxygen atoms in total. The van der Waals surface area contributed by atoms with E-state index in [2.05, 4.69) is 40.2 Å². The quantitative estimate of drug-likeness (QED) is 0.502. The smallest absolute Gasteiger partial charge is 0.341 e. The van der Waals surface area contributed by atoms with Gasteiger partial charge in [0.1, 0.15) is 17.1 Å². The van der Waals surface area contributed by atoms with Crippen LogP contribution in [0.4, 0.5) is 0 Å². The molecular formula is C21H17BrO3. The Labute approximate surface area is 154 Å². The monoisotopic (exact) mass is 396 g/mol. The molecule has 0 atom stereocenters. The van der Waals surface area contributed by atoms with Crippen LogP contribution in [-0.2, 0) is 4.74 Å². The van der Waals surface area contributed by atoms with Crippen molar-refractivity contribution < 1.29 is 14.3 Å². The summed E-state index contributed by atoms with van der Waals surface area (Å²) < 4.78 is 11.8. The van der Waals surface area contributed by atoms with Crippen LogP contribution in [-0.4, -0.2) is 13.1 Å². The lowest BCUT2D eigenvalue weighted by Gasteiger charge is -2.13. The second-order valence-corrected chi connectivity index (χ2v) is 7.16. The van der Waals surface area contributed by atoms with Gasteiger partial charge in [-0.25, -0.2) is 4.79 Å². The molecule has 0 amide bonds. The number of benzene rings is 3. The number of halogens is 1. The van der Waals surface area contributed by atoms with Gasteiger partial charge in [0.15, 0.2) is 0 Å². The Morgan fingerprint density at radius 3 is 2.64 bits per heavy atom. The van der Waals surface area contributed by atoms with Crippen LogP contribution in [0.25, 0.3) is 10.8 Å². The van der Waals surface area contributed by atoms with Crippen LogP contribution in [0, 0.1) is 0 Å². The molecule has 0 saturated heterocycles. The van der Waals surface area contributed by atoms with Crippen LogP contribution in [0.2, 0.25) is 0 Å². The predicted octanol–water partition coefficient (Wildman–Crippen LogP) is 6.06. The first-order valence-electron chi connectivity index (χ1n) is 8.24. The third kappa shape index (κ3) is 3.27. The lowest BCUT2D eigenvalue weighted by molar-refractivity contribution is 0.0598. The molecule has 25 heavy (non-hydrogen) atoms. The minimum Gasteiger partial charge on any atom is -0.465 e. The van der Waals surface area contributed by atoms with Gasteiger partial charge in [-0.05, 0) is 65.4 Å². The third-order valence-corrected chi connectivity index (χ3v) is 4.95. The Morgan fingerprint density at radius 2 is 1.88 bits per heavy atom. The Hall–Kier alpha value is -2.33. The van der Waals surface area contributed by atoms with Crippen molar-refractivity contribution in [2.24, 2.45) is 0 Å². The molecule has 1 fully saturated rings. The van der Waals surface area contributed by atoms with Gasteiger partial charge >= 0.3 is 5.97 Å². The summed E-state index contributed by atoms with van der Waals surface area (Å²) in [6.07, 6.45) is 2.44.